The van der Waals surface area contributed by atoms with E-state index in [1.165, 1.54) is 11.3 Å². The number of thiazole rings is 1. The molecule has 0 saturated heterocycles. The van der Waals surface area contributed by atoms with Crippen molar-refractivity contribution in [1.29, 1.82) is 0 Å². The van der Waals surface area contributed by atoms with Crippen molar-refractivity contribution in [1.82, 2.24) is 9.88 Å². The zero-order valence-corrected chi connectivity index (χ0v) is 10.0. The van der Waals surface area contributed by atoms with Crippen LogP contribution in [0.25, 0.3) is 0 Å². The third kappa shape index (κ3) is 3.97. The maximum absolute atomic E-state index is 10.6. The Morgan fingerprint density at radius 3 is 2.80 bits per heavy atom. The largest absolute Gasteiger partial charge is 0.476 e. The van der Waals surface area contributed by atoms with E-state index < -0.39 is 5.97 Å². The Bertz CT molecular complexity index is 336. The molecule has 0 aliphatic carbocycles. The van der Waals surface area contributed by atoms with Crippen molar-refractivity contribution in [2.45, 2.75) is 20.4 Å². The van der Waals surface area contributed by atoms with Gasteiger partial charge in [0.1, 0.15) is 0 Å². The van der Waals surface area contributed by atoms with E-state index >= 15 is 0 Å². The van der Waals surface area contributed by atoms with E-state index in [1.807, 2.05) is 7.05 Å². The number of carbonyl (C=O) groups is 1. The number of hydrogen-bond acceptors (Lipinski definition) is 4. The lowest BCUT2D eigenvalue weighted by molar-refractivity contribution is 0.0696. The first-order valence-electron chi connectivity index (χ1n) is 4.85. The second kappa shape index (κ2) is 5.23. The predicted molar refractivity (Wildman–Crippen MR) is 60.2 cm³/mol. The van der Waals surface area contributed by atoms with Crippen LogP contribution >= 0.6 is 11.3 Å². The van der Waals surface area contributed by atoms with E-state index in [0.717, 1.165) is 12.2 Å². The highest BCUT2D eigenvalue weighted by molar-refractivity contribution is 7.11. The molecule has 0 aliphatic heterocycles. The zero-order chi connectivity index (χ0) is 11.4. The lowest BCUT2D eigenvalue weighted by Crippen LogP contribution is -2.22. The maximum atomic E-state index is 10.6. The van der Waals surface area contributed by atoms with Gasteiger partial charge in [-0.25, -0.2) is 9.78 Å². The van der Waals surface area contributed by atoms with Gasteiger partial charge in [0.25, 0.3) is 0 Å². The number of aromatic carboxylic acids is 1. The molecule has 0 atom stereocenters. The molecule has 0 fully saturated rings. The maximum Gasteiger partial charge on any atom is 0.365 e. The van der Waals surface area contributed by atoms with Gasteiger partial charge in [-0.3, -0.25) is 0 Å². The van der Waals surface area contributed by atoms with E-state index in [9.17, 15) is 4.79 Å². The van der Waals surface area contributed by atoms with E-state index in [2.05, 4.69) is 23.7 Å². The van der Waals surface area contributed by atoms with Crippen LogP contribution in [0.3, 0.4) is 0 Å². The van der Waals surface area contributed by atoms with Crippen molar-refractivity contribution in [3.63, 3.8) is 0 Å². The lowest BCUT2D eigenvalue weighted by Gasteiger charge is -2.17. The summed E-state index contributed by atoms with van der Waals surface area (Å²) in [4.78, 5) is 16.8. The number of aromatic nitrogens is 1. The van der Waals surface area contributed by atoms with E-state index in [4.69, 9.17) is 5.11 Å². The number of nitrogens with zero attached hydrogens (tertiary/aromatic N) is 2. The lowest BCUT2D eigenvalue weighted by atomic mass is 10.2. The summed E-state index contributed by atoms with van der Waals surface area (Å²) >= 11 is 1.18. The third-order valence-corrected chi connectivity index (χ3v) is 2.72. The van der Waals surface area contributed by atoms with Crippen molar-refractivity contribution in [2.75, 3.05) is 13.6 Å². The highest BCUT2D eigenvalue weighted by atomic mass is 32.1. The minimum atomic E-state index is -0.947. The molecule has 1 aromatic rings. The second-order valence-electron chi connectivity index (χ2n) is 4.04. The molecule has 1 heterocycles. The predicted octanol–water partition coefficient (Wildman–Crippen LogP) is 1.93. The van der Waals surface area contributed by atoms with Crippen molar-refractivity contribution in [3.8, 4) is 0 Å². The fourth-order valence-corrected chi connectivity index (χ4v) is 2.09. The van der Waals surface area contributed by atoms with Gasteiger partial charge in [0, 0.05) is 18.5 Å². The molecule has 5 heteroatoms. The minimum absolute atomic E-state index is 0.169. The summed E-state index contributed by atoms with van der Waals surface area (Å²) in [6.07, 6.45) is 0. The quantitative estimate of drug-likeness (QED) is 0.836. The van der Waals surface area contributed by atoms with Crippen LogP contribution in [-0.2, 0) is 6.54 Å². The summed E-state index contributed by atoms with van der Waals surface area (Å²) in [7, 11) is 2.01. The van der Waals surface area contributed by atoms with Gasteiger partial charge in [0.05, 0.1) is 5.69 Å². The molecular formula is C10H16N2O2S. The first-order valence-corrected chi connectivity index (χ1v) is 5.73. The molecule has 4 nitrogen and oxygen atoms in total. The molecule has 0 radical (unpaired) electrons. The highest BCUT2D eigenvalue weighted by Crippen LogP contribution is 2.11. The zero-order valence-electron chi connectivity index (χ0n) is 9.23. The summed E-state index contributed by atoms with van der Waals surface area (Å²) in [6, 6.07) is 0. The van der Waals surface area contributed by atoms with Crippen molar-refractivity contribution in [2.24, 2.45) is 5.92 Å². The molecule has 0 unspecified atom stereocenters. The molecule has 0 spiro atoms. The Labute approximate surface area is 93.6 Å². The normalized spacial score (nSPS) is 11.3. The number of carboxylic acid groups (broad SMARTS) is 1. The number of hydrogen-bond donors (Lipinski definition) is 1. The van der Waals surface area contributed by atoms with Crippen LogP contribution in [0.1, 0.15) is 29.3 Å². The van der Waals surface area contributed by atoms with Crippen LogP contribution in [0, 0.1) is 5.92 Å². The third-order valence-electron chi connectivity index (χ3n) is 1.84. The van der Waals surface area contributed by atoms with Gasteiger partial charge in [-0.05, 0) is 13.0 Å². The fourth-order valence-electron chi connectivity index (χ4n) is 1.44. The Morgan fingerprint density at radius 1 is 1.67 bits per heavy atom. The summed E-state index contributed by atoms with van der Waals surface area (Å²) in [5.41, 5.74) is 0.834. The Kier molecular flexibility index (Phi) is 4.23. The second-order valence-corrected chi connectivity index (χ2v) is 4.90. The Balaban J connectivity index is 2.53. The average Bonchev–Trinajstić information content (AvgIpc) is 2.50. The van der Waals surface area contributed by atoms with Crippen LogP contribution < -0.4 is 0 Å². The van der Waals surface area contributed by atoms with Crippen molar-refractivity contribution >= 4 is 17.3 Å². The molecular weight excluding hydrogens is 212 g/mol. The first-order chi connectivity index (χ1) is 6.99. The van der Waals surface area contributed by atoms with E-state index in [0.29, 0.717) is 12.5 Å². The molecule has 1 aromatic heterocycles. The van der Waals surface area contributed by atoms with Gasteiger partial charge in [-0.2, -0.15) is 0 Å². The number of carboxylic acids is 1. The van der Waals surface area contributed by atoms with Crippen LogP contribution in [0.15, 0.2) is 5.38 Å². The van der Waals surface area contributed by atoms with E-state index in [-0.39, 0.29) is 5.01 Å². The van der Waals surface area contributed by atoms with Gasteiger partial charge in [0.15, 0.2) is 0 Å². The molecule has 0 saturated carbocycles. The average molecular weight is 228 g/mol. The smallest absolute Gasteiger partial charge is 0.365 e. The molecule has 1 N–H and O–H groups in total. The molecule has 15 heavy (non-hydrogen) atoms. The molecule has 0 aromatic carbocycles. The van der Waals surface area contributed by atoms with Gasteiger partial charge in [-0.15, -0.1) is 11.3 Å². The van der Waals surface area contributed by atoms with Crippen molar-refractivity contribution in [3.05, 3.63) is 16.1 Å². The minimum Gasteiger partial charge on any atom is -0.476 e. The monoisotopic (exact) mass is 228 g/mol. The van der Waals surface area contributed by atoms with Gasteiger partial charge < -0.3 is 10.0 Å². The van der Waals surface area contributed by atoms with Gasteiger partial charge in [0.2, 0.25) is 5.01 Å². The Hall–Kier alpha value is -0.940. The van der Waals surface area contributed by atoms with Gasteiger partial charge in [-0.1, -0.05) is 13.8 Å². The Morgan fingerprint density at radius 2 is 2.33 bits per heavy atom. The van der Waals surface area contributed by atoms with Crippen LogP contribution in [0.2, 0.25) is 0 Å². The SMILES string of the molecule is CC(C)CN(C)Cc1csc(C(=O)O)n1. The van der Waals surface area contributed by atoms with Gasteiger partial charge >= 0.3 is 5.97 Å². The summed E-state index contributed by atoms with van der Waals surface area (Å²) in [5, 5.41) is 10.7. The molecule has 0 aliphatic rings. The van der Waals surface area contributed by atoms with Crippen molar-refractivity contribution < 1.29 is 9.90 Å². The highest BCUT2D eigenvalue weighted by Gasteiger charge is 2.10. The van der Waals surface area contributed by atoms with E-state index in [1.54, 1.807) is 5.38 Å². The molecule has 0 amide bonds. The molecule has 84 valence electrons. The summed E-state index contributed by atoms with van der Waals surface area (Å²) in [6.45, 7) is 6.00. The van der Waals surface area contributed by atoms with Crippen LogP contribution in [0.5, 0.6) is 0 Å². The van der Waals surface area contributed by atoms with Crippen LogP contribution in [-0.4, -0.2) is 34.6 Å². The summed E-state index contributed by atoms with van der Waals surface area (Å²) in [5.74, 6) is -0.342. The number of rotatable bonds is 5. The topological polar surface area (TPSA) is 53.4 Å². The van der Waals surface area contributed by atoms with Crippen LogP contribution in [0.4, 0.5) is 0 Å². The summed E-state index contributed by atoms with van der Waals surface area (Å²) < 4.78 is 0. The molecule has 0 bridgehead atoms. The molecule has 1 rings (SSSR count). The standard InChI is InChI=1S/C10H16N2O2S/c1-7(2)4-12(3)5-8-6-15-9(11-8)10(13)14/h6-7H,4-5H2,1-3H3,(H,13,14). The fraction of sp³-hybridized carbons (Fsp3) is 0.600. The first kappa shape index (κ1) is 12.1.